The maximum absolute atomic E-state index is 11.6. The van der Waals surface area contributed by atoms with E-state index in [0.29, 0.717) is 12.0 Å². The van der Waals surface area contributed by atoms with Gasteiger partial charge in [-0.3, -0.25) is 4.90 Å². The molecule has 18 heavy (non-hydrogen) atoms. The number of urea groups is 1. The van der Waals surface area contributed by atoms with Gasteiger partial charge in [0, 0.05) is 19.1 Å². The number of rotatable bonds is 6. The molecule has 0 radical (unpaired) electrons. The van der Waals surface area contributed by atoms with Crippen molar-refractivity contribution in [3.05, 3.63) is 0 Å². The number of likely N-dealkylation sites (tertiary alicyclic amines) is 1. The Morgan fingerprint density at radius 2 is 1.83 bits per heavy atom. The summed E-state index contributed by atoms with van der Waals surface area (Å²) in [5.41, 5.74) is 0. The fourth-order valence-corrected chi connectivity index (χ4v) is 2.53. The number of nitrogens with zero attached hydrogens (tertiary/aromatic N) is 1. The molecular weight excluding hydrogens is 226 g/mol. The standard InChI is InChI=1S/C14H29N3O/c1-4-8-15-14(18)16-11-13(12(2)3)17-9-6-5-7-10-17/h12-13H,4-11H2,1-3H3,(H2,15,16,18). The van der Waals surface area contributed by atoms with Crippen molar-refractivity contribution in [2.75, 3.05) is 26.2 Å². The Balaban J connectivity index is 2.35. The number of carbonyl (C=O) groups excluding carboxylic acids is 1. The number of amides is 2. The highest BCUT2D eigenvalue weighted by Crippen LogP contribution is 2.16. The molecule has 1 fully saturated rings. The molecule has 0 aromatic rings. The second kappa shape index (κ2) is 8.35. The number of piperidine rings is 1. The molecule has 2 N–H and O–H groups in total. The topological polar surface area (TPSA) is 44.4 Å². The summed E-state index contributed by atoms with van der Waals surface area (Å²) in [6.45, 7) is 10.4. The lowest BCUT2D eigenvalue weighted by molar-refractivity contribution is 0.127. The van der Waals surface area contributed by atoms with Gasteiger partial charge in [0.25, 0.3) is 0 Å². The van der Waals surface area contributed by atoms with Gasteiger partial charge >= 0.3 is 6.03 Å². The van der Waals surface area contributed by atoms with Crippen molar-refractivity contribution in [2.24, 2.45) is 5.92 Å². The molecule has 0 aliphatic carbocycles. The van der Waals surface area contributed by atoms with E-state index in [1.54, 1.807) is 0 Å². The summed E-state index contributed by atoms with van der Waals surface area (Å²) in [5, 5.41) is 5.87. The Morgan fingerprint density at radius 3 is 2.39 bits per heavy atom. The van der Waals surface area contributed by atoms with E-state index in [0.717, 1.165) is 19.5 Å². The minimum Gasteiger partial charge on any atom is -0.338 e. The molecule has 106 valence electrons. The molecule has 4 nitrogen and oxygen atoms in total. The predicted molar refractivity (Wildman–Crippen MR) is 75.7 cm³/mol. The highest BCUT2D eigenvalue weighted by Gasteiger charge is 2.23. The average molecular weight is 255 g/mol. The van der Waals surface area contributed by atoms with Crippen LogP contribution in [0, 0.1) is 5.92 Å². The zero-order chi connectivity index (χ0) is 13.4. The number of nitrogens with one attached hydrogen (secondary N) is 2. The van der Waals surface area contributed by atoms with Crippen LogP contribution in [0.25, 0.3) is 0 Å². The number of carbonyl (C=O) groups is 1. The maximum atomic E-state index is 11.6. The van der Waals surface area contributed by atoms with Crippen LogP contribution in [-0.4, -0.2) is 43.2 Å². The third-order valence-corrected chi connectivity index (χ3v) is 3.64. The summed E-state index contributed by atoms with van der Waals surface area (Å²) < 4.78 is 0. The van der Waals surface area contributed by atoms with Gasteiger partial charge < -0.3 is 10.6 Å². The van der Waals surface area contributed by atoms with Crippen molar-refractivity contribution in [2.45, 2.75) is 52.5 Å². The second-order valence-electron chi connectivity index (χ2n) is 5.54. The van der Waals surface area contributed by atoms with Gasteiger partial charge in [0.05, 0.1) is 0 Å². The minimum absolute atomic E-state index is 0.0282. The first-order valence-corrected chi connectivity index (χ1v) is 7.41. The summed E-state index contributed by atoms with van der Waals surface area (Å²) >= 11 is 0. The predicted octanol–water partition coefficient (Wildman–Crippen LogP) is 2.21. The molecule has 1 saturated heterocycles. The molecule has 0 bridgehead atoms. The Bertz CT molecular complexity index is 237. The molecule has 1 aliphatic heterocycles. The number of hydrogen-bond acceptors (Lipinski definition) is 2. The quantitative estimate of drug-likeness (QED) is 0.764. The summed E-state index contributed by atoms with van der Waals surface area (Å²) in [6, 6.07) is 0.442. The first kappa shape index (κ1) is 15.3. The van der Waals surface area contributed by atoms with Gasteiger partial charge in [-0.15, -0.1) is 0 Å². The molecule has 0 spiro atoms. The molecule has 1 aliphatic rings. The Hall–Kier alpha value is -0.770. The van der Waals surface area contributed by atoms with Crippen molar-refractivity contribution >= 4 is 6.03 Å². The van der Waals surface area contributed by atoms with E-state index in [-0.39, 0.29) is 6.03 Å². The van der Waals surface area contributed by atoms with Crippen LogP contribution in [0.2, 0.25) is 0 Å². The Labute approximate surface area is 111 Å². The van der Waals surface area contributed by atoms with Gasteiger partial charge in [0.2, 0.25) is 0 Å². The highest BCUT2D eigenvalue weighted by molar-refractivity contribution is 5.73. The molecule has 0 saturated carbocycles. The van der Waals surface area contributed by atoms with E-state index < -0.39 is 0 Å². The van der Waals surface area contributed by atoms with Gasteiger partial charge in [0.15, 0.2) is 0 Å². The van der Waals surface area contributed by atoms with Crippen LogP contribution in [0.5, 0.6) is 0 Å². The third-order valence-electron chi connectivity index (χ3n) is 3.64. The largest absolute Gasteiger partial charge is 0.338 e. The van der Waals surface area contributed by atoms with Crippen molar-refractivity contribution in [3.63, 3.8) is 0 Å². The van der Waals surface area contributed by atoms with Crippen LogP contribution in [0.1, 0.15) is 46.5 Å². The van der Waals surface area contributed by atoms with Crippen LogP contribution in [-0.2, 0) is 0 Å². The molecule has 1 atom stereocenters. The fraction of sp³-hybridized carbons (Fsp3) is 0.929. The maximum Gasteiger partial charge on any atom is 0.314 e. The molecule has 0 aromatic heterocycles. The first-order chi connectivity index (χ1) is 8.65. The summed E-state index contributed by atoms with van der Waals surface area (Å²) in [5.74, 6) is 0.578. The van der Waals surface area contributed by atoms with Crippen LogP contribution < -0.4 is 10.6 Å². The van der Waals surface area contributed by atoms with Crippen molar-refractivity contribution in [1.82, 2.24) is 15.5 Å². The van der Waals surface area contributed by atoms with Gasteiger partial charge in [0.1, 0.15) is 0 Å². The van der Waals surface area contributed by atoms with Crippen molar-refractivity contribution in [1.29, 1.82) is 0 Å². The second-order valence-corrected chi connectivity index (χ2v) is 5.54. The minimum atomic E-state index is -0.0282. The van der Waals surface area contributed by atoms with E-state index in [2.05, 4.69) is 36.3 Å². The van der Waals surface area contributed by atoms with Crippen LogP contribution in [0.4, 0.5) is 4.79 Å². The number of hydrogen-bond donors (Lipinski definition) is 2. The summed E-state index contributed by atoms with van der Waals surface area (Å²) in [7, 11) is 0. The molecule has 1 heterocycles. The highest BCUT2D eigenvalue weighted by atomic mass is 16.2. The normalized spacial score (nSPS) is 18.7. The fourth-order valence-electron chi connectivity index (χ4n) is 2.53. The molecule has 1 rings (SSSR count). The van der Waals surface area contributed by atoms with E-state index >= 15 is 0 Å². The molecule has 2 amide bonds. The third kappa shape index (κ3) is 5.25. The van der Waals surface area contributed by atoms with Gasteiger partial charge in [-0.25, -0.2) is 4.79 Å². The van der Waals surface area contributed by atoms with Gasteiger partial charge in [-0.2, -0.15) is 0 Å². The van der Waals surface area contributed by atoms with Crippen molar-refractivity contribution in [3.8, 4) is 0 Å². The lowest BCUT2D eigenvalue weighted by atomic mass is 9.99. The van der Waals surface area contributed by atoms with E-state index in [1.807, 2.05) is 0 Å². The average Bonchev–Trinajstić information content (AvgIpc) is 2.37. The van der Waals surface area contributed by atoms with Crippen LogP contribution in [0.3, 0.4) is 0 Å². The lowest BCUT2D eigenvalue weighted by Crippen LogP contribution is -2.50. The smallest absolute Gasteiger partial charge is 0.314 e. The van der Waals surface area contributed by atoms with E-state index in [1.165, 1.54) is 32.4 Å². The SMILES string of the molecule is CCCNC(=O)NCC(C(C)C)N1CCCCC1. The van der Waals surface area contributed by atoms with Gasteiger partial charge in [-0.05, 0) is 38.3 Å². The van der Waals surface area contributed by atoms with E-state index in [4.69, 9.17) is 0 Å². The van der Waals surface area contributed by atoms with Gasteiger partial charge in [-0.1, -0.05) is 27.2 Å². The van der Waals surface area contributed by atoms with Crippen molar-refractivity contribution < 1.29 is 4.79 Å². The van der Waals surface area contributed by atoms with Crippen LogP contribution in [0.15, 0.2) is 0 Å². The Morgan fingerprint density at radius 1 is 1.17 bits per heavy atom. The zero-order valence-corrected chi connectivity index (χ0v) is 12.2. The molecule has 4 heteroatoms. The molecule has 0 aromatic carbocycles. The van der Waals surface area contributed by atoms with Crippen LogP contribution >= 0.6 is 0 Å². The lowest BCUT2D eigenvalue weighted by Gasteiger charge is -2.37. The summed E-state index contributed by atoms with van der Waals surface area (Å²) in [6.07, 6.45) is 4.93. The summed E-state index contributed by atoms with van der Waals surface area (Å²) in [4.78, 5) is 14.1. The zero-order valence-electron chi connectivity index (χ0n) is 12.2. The molecular formula is C14H29N3O. The monoisotopic (exact) mass is 255 g/mol. The Kier molecular flexibility index (Phi) is 7.09. The first-order valence-electron chi connectivity index (χ1n) is 7.41. The molecule has 1 unspecified atom stereocenters. The van der Waals surface area contributed by atoms with E-state index in [9.17, 15) is 4.79 Å².